The molecular formula is C23H25F3N4O3S2. The van der Waals surface area contributed by atoms with Gasteiger partial charge in [0.25, 0.3) is 10.0 Å². The maximum absolute atomic E-state index is 13.5. The van der Waals surface area contributed by atoms with Crippen LogP contribution in [0.3, 0.4) is 0 Å². The van der Waals surface area contributed by atoms with Gasteiger partial charge in [0.05, 0.1) is 18.8 Å². The number of morpholine rings is 1. The van der Waals surface area contributed by atoms with Crippen LogP contribution in [-0.4, -0.2) is 70.2 Å². The molecule has 12 heteroatoms. The van der Waals surface area contributed by atoms with Crippen molar-refractivity contribution in [2.24, 2.45) is 0 Å². The summed E-state index contributed by atoms with van der Waals surface area (Å²) < 4.78 is 75.2. The average molecular weight is 527 g/mol. The summed E-state index contributed by atoms with van der Waals surface area (Å²) >= 11 is 1.24. The fraction of sp³-hybridized carbons (Fsp3) is 0.435. The fourth-order valence-corrected chi connectivity index (χ4v) is 7.88. The van der Waals surface area contributed by atoms with Crippen molar-refractivity contribution in [3.05, 3.63) is 47.7 Å². The second kappa shape index (κ2) is 9.23. The van der Waals surface area contributed by atoms with Crippen LogP contribution in [0.2, 0.25) is 0 Å². The van der Waals surface area contributed by atoms with Gasteiger partial charge in [-0.3, -0.25) is 0 Å². The fourth-order valence-electron chi connectivity index (χ4n) is 4.58. The Balaban J connectivity index is 1.37. The Labute approximate surface area is 205 Å². The van der Waals surface area contributed by atoms with Crippen LogP contribution in [0, 0.1) is 6.92 Å². The lowest BCUT2D eigenvalue weighted by Crippen LogP contribution is -2.49. The van der Waals surface area contributed by atoms with Crippen LogP contribution in [0.4, 0.5) is 24.7 Å². The van der Waals surface area contributed by atoms with Crippen molar-refractivity contribution in [1.82, 2.24) is 9.29 Å². The summed E-state index contributed by atoms with van der Waals surface area (Å²) in [6.07, 6.45) is -3.21. The van der Waals surface area contributed by atoms with Crippen molar-refractivity contribution in [3.8, 4) is 0 Å². The molecule has 2 aliphatic heterocycles. The van der Waals surface area contributed by atoms with Crippen molar-refractivity contribution in [2.45, 2.75) is 17.3 Å². The van der Waals surface area contributed by atoms with Gasteiger partial charge in [0.2, 0.25) is 0 Å². The Morgan fingerprint density at radius 2 is 1.71 bits per heavy atom. The molecule has 0 spiro atoms. The number of hydrogen-bond acceptors (Lipinski definition) is 7. The highest BCUT2D eigenvalue weighted by atomic mass is 32.2. The van der Waals surface area contributed by atoms with Crippen LogP contribution in [0.5, 0.6) is 0 Å². The largest absolute Gasteiger partial charge is 0.419 e. The highest BCUT2D eigenvalue weighted by molar-refractivity contribution is 7.91. The number of halogens is 3. The molecule has 3 aromatic rings. The standard InChI is InChI=1S/C23H25F3N4O3S2/c1-16-18-15-17(28-11-13-33-14-12-28)4-5-20(18)34-22(16)35(31,32)30-9-7-29(8-10-30)21-19(23(24,25)26)3-2-6-27-21/h2-6,15H,7-14H2,1H3. The van der Waals surface area contributed by atoms with E-state index in [1.165, 1.54) is 32.8 Å². The van der Waals surface area contributed by atoms with Gasteiger partial charge in [-0.1, -0.05) is 0 Å². The van der Waals surface area contributed by atoms with Crippen molar-refractivity contribution in [1.29, 1.82) is 0 Å². The molecule has 7 nitrogen and oxygen atoms in total. The molecule has 0 aliphatic carbocycles. The molecule has 1 aromatic carbocycles. The number of aryl methyl sites for hydroxylation is 1. The monoisotopic (exact) mass is 526 g/mol. The second-order valence-electron chi connectivity index (χ2n) is 8.56. The van der Waals surface area contributed by atoms with Gasteiger partial charge in [-0.15, -0.1) is 11.3 Å². The number of thiophene rings is 1. The van der Waals surface area contributed by atoms with E-state index in [2.05, 4.69) is 9.88 Å². The van der Waals surface area contributed by atoms with E-state index in [1.807, 2.05) is 25.1 Å². The van der Waals surface area contributed by atoms with Crippen LogP contribution in [0.15, 0.2) is 40.7 Å². The summed E-state index contributed by atoms with van der Waals surface area (Å²) in [5.41, 5.74) is 0.925. The molecule has 0 amide bonds. The number of ether oxygens (including phenoxy) is 1. The quantitative estimate of drug-likeness (QED) is 0.513. The van der Waals surface area contributed by atoms with Crippen LogP contribution in [0.25, 0.3) is 10.1 Å². The molecule has 0 saturated carbocycles. The lowest BCUT2D eigenvalue weighted by Gasteiger charge is -2.35. The van der Waals surface area contributed by atoms with E-state index < -0.39 is 21.8 Å². The lowest BCUT2D eigenvalue weighted by atomic mass is 10.1. The van der Waals surface area contributed by atoms with Gasteiger partial charge in [-0.05, 0) is 48.2 Å². The number of hydrogen-bond donors (Lipinski definition) is 0. The normalized spacial score (nSPS) is 18.4. The molecule has 2 aromatic heterocycles. The SMILES string of the molecule is Cc1c(S(=O)(=O)N2CCN(c3ncccc3C(F)(F)F)CC2)sc2ccc(N3CCOCC3)cc12. The number of sulfonamides is 1. The first kappa shape index (κ1) is 24.3. The van der Waals surface area contributed by atoms with E-state index in [0.717, 1.165) is 34.9 Å². The Kier molecular flexibility index (Phi) is 6.41. The summed E-state index contributed by atoms with van der Waals surface area (Å²) in [5.74, 6) is -0.161. The number of rotatable bonds is 4. The van der Waals surface area contributed by atoms with Gasteiger partial charge in [-0.25, -0.2) is 13.4 Å². The maximum Gasteiger partial charge on any atom is 0.419 e. The van der Waals surface area contributed by atoms with Crippen LogP contribution >= 0.6 is 11.3 Å². The summed E-state index contributed by atoms with van der Waals surface area (Å²) in [6.45, 7) is 5.15. The highest BCUT2D eigenvalue weighted by Gasteiger charge is 2.38. The van der Waals surface area contributed by atoms with E-state index >= 15 is 0 Å². The zero-order valence-corrected chi connectivity index (χ0v) is 20.7. The summed E-state index contributed by atoms with van der Waals surface area (Å²) in [5, 5.41) is 0.902. The number of benzene rings is 1. The van der Waals surface area contributed by atoms with Crippen molar-refractivity contribution >= 4 is 43.0 Å². The third-order valence-corrected chi connectivity index (χ3v) is 10.2. The van der Waals surface area contributed by atoms with Crippen molar-refractivity contribution in [2.75, 3.05) is 62.3 Å². The summed E-state index contributed by atoms with van der Waals surface area (Å²) in [6, 6.07) is 8.24. The molecule has 0 atom stereocenters. The zero-order chi connectivity index (χ0) is 24.8. The molecular weight excluding hydrogens is 501 g/mol. The summed E-state index contributed by atoms with van der Waals surface area (Å²) in [4.78, 5) is 7.66. The molecule has 0 unspecified atom stereocenters. The van der Waals surface area contributed by atoms with Crippen molar-refractivity contribution in [3.63, 3.8) is 0 Å². The number of piperazine rings is 1. The molecule has 2 fully saturated rings. The summed E-state index contributed by atoms with van der Waals surface area (Å²) in [7, 11) is -3.79. The van der Waals surface area contributed by atoms with E-state index in [4.69, 9.17) is 4.74 Å². The van der Waals surface area contributed by atoms with Crippen LogP contribution in [-0.2, 0) is 20.9 Å². The average Bonchev–Trinajstić information content (AvgIpc) is 3.21. The predicted molar refractivity (Wildman–Crippen MR) is 130 cm³/mol. The number of fused-ring (bicyclic) bond motifs is 1. The minimum Gasteiger partial charge on any atom is -0.378 e. The Hall–Kier alpha value is -2.41. The molecule has 4 heterocycles. The van der Waals surface area contributed by atoms with E-state index in [-0.39, 0.29) is 36.2 Å². The number of aromatic nitrogens is 1. The van der Waals surface area contributed by atoms with E-state index in [9.17, 15) is 21.6 Å². The zero-order valence-electron chi connectivity index (χ0n) is 19.1. The Morgan fingerprint density at radius 3 is 2.40 bits per heavy atom. The maximum atomic E-state index is 13.5. The molecule has 2 saturated heterocycles. The first-order valence-electron chi connectivity index (χ1n) is 11.3. The van der Waals surface area contributed by atoms with Crippen LogP contribution < -0.4 is 9.80 Å². The van der Waals surface area contributed by atoms with E-state index in [0.29, 0.717) is 18.8 Å². The number of nitrogens with zero attached hydrogens (tertiary/aromatic N) is 4. The second-order valence-corrected chi connectivity index (χ2v) is 11.7. The topological polar surface area (TPSA) is 66.0 Å². The predicted octanol–water partition coefficient (Wildman–Crippen LogP) is 3.97. The lowest BCUT2D eigenvalue weighted by molar-refractivity contribution is -0.137. The Morgan fingerprint density at radius 1 is 1.00 bits per heavy atom. The molecule has 35 heavy (non-hydrogen) atoms. The molecule has 0 radical (unpaired) electrons. The third-order valence-electron chi connectivity index (χ3n) is 6.46. The third kappa shape index (κ3) is 4.59. The molecule has 188 valence electrons. The number of alkyl halides is 3. The first-order chi connectivity index (χ1) is 16.7. The van der Waals surface area contributed by atoms with Gasteiger partial charge in [0.15, 0.2) is 0 Å². The van der Waals surface area contributed by atoms with Gasteiger partial charge >= 0.3 is 6.18 Å². The minimum absolute atomic E-state index is 0.0862. The van der Waals surface area contributed by atoms with Gasteiger partial charge in [0, 0.05) is 55.9 Å². The van der Waals surface area contributed by atoms with Gasteiger partial charge < -0.3 is 14.5 Å². The van der Waals surface area contributed by atoms with E-state index in [1.54, 1.807) is 0 Å². The Bertz CT molecular complexity index is 1330. The van der Waals surface area contributed by atoms with Crippen molar-refractivity contribution < 1.29 is 26.3 Å². The molecule has 0 bridgehead atoms. The minimum atomic E-state index is -4.53. The van der Waals surface area contributed by atoms with Crippen LogP contribution in [0.1, 0.15) is 11.1 Å². The van der Waals surface area contributed by atoms with Gasteiger partial charge in [0.1, 0.15) is 10.0 Å². The van der Waals surface area contributed by atoms with Gasteiger partial charge in [-0.2, -0.15) is 17.5 Å². The smallest absolute Gasteiger partial charge is 0.378 e. The molecule has 5 rings (SSSR count). The first-order valence-corrected chi connectivity index (χ1v) is 13.5. The molecule has 2 aliphatic rings. The highest BCUT2D eigenvalue weighted by Crippen LogP contribution is 2.39. The molecule has 0 N–H and O–H groups in total. The number of pyridine rings is 1. The number of anilines is 2.